The Kier molecular flexibility index (Phi) is 4.93. The number of benzene rings is 1. The molecule has 16 heavy (non-hydrogen) atoms. The zero-order valence-corrected chi connectivity index (χ0v) is 11.3. The van der Waals surface area contributed by atoms with Crippen LogP contribution in [0.25, 0.3) is 6.08 Å². The van der Waals surface area contributed by atoms with E-state index in [2.05, 4.69) is 25.7 Å². The summed E-state index contributed by atoms with van der Waals surface area (Å²) in [6.45, 7) is 11.2. The maximum absolute atomic E-state index is 5.87. The first-order valence-electron chi connectivity index (χ1n) is 5.57. The Hall–Kier alpha value is -0.903. The molecule has 1 rings (SSSR count). The van der Waals surface area contributed by atoms with E-state index in [0.29, 0.717) is 13.2 Å². The Bertz CT molecular complexity index is 348. The molecule has 3 heteroatoms. The van der Waals surface area contributed by atoms with Crippen LogP contribution in [-0.2, 0) is 15.5 Å². The van der Waals surface area contributed by atoms with Gasteiger partial charge in [-0.1, -0.05) is 36.9 Å². The second-order valence-electron chi connectivity index (χ2n) is 4.02. The van der Waals surface area contributed by atoms with Crippen molar-refractivity contribution in [1.29, 1.82) is 0 Å². The van der Waals surface area contributed by atoms with E-state index in [1.807, 2.05) is 31.2 Å². The molecule has 0 aliphatic heterocycles. The van der Waals surface area contributed by atoms with E-state index in [0.717, 1.165) is 11.1 Å². The minimum atomic E-state index is -1.96. The molecule has 0 amide bonds. The molecule has 0 heterocycles. The third-order valence-electron chi connectivity index (χ3n) is 2.34. The van der Waals surface area contributed by atoms with Gasteiger partial charge in [0, 0.05) is 6.61 Å². The van der Waals surface area contributed by atoms with Crippen LogP contribution in [0.1, 0.15) is 18.1 Å². The first kappa shape index (κ1) is 13.2. The molecule has 0 N–H and O–H groups in total. The molecule has 0 aliphatic rings. The zero-order chi connectivity index (χ0) is 12.0. The lowest BCUT2D eigenvalue weighted by atomic mass is 10.1. The molecule has 0 aliphatic carbocycles. The Morgan fingerprint density at radius 3 is 2.56 bits per heavy atom. The fourth-order valence-corrected chi connectivity index (χ4v) is 2.79. The largest absolute Gasteiger partial charge is 0.395 e. The van der Waals surface area contributed by atoms with Crippen molar-refractivity contribution in [2.45, 2.75) is 26.6 Å². The van der Waals surface area contributed by atoms with Crippen molar-refractivity contribution in [2.24, 2.45) is 0 Å². The van der Waals surface area contributed by atoms with Gasteiger partial charge < -0.3 is 8.85 Å². The summed E-state index contributed by atoms with van der Waals surface area (Å²) in [5, 5.41) is 0. The van der Waals surface area contributed by atoms with Crippen molar-refractivity contribution in [3.05, 3.63) is 42.0 Å². The Morgan fingerprint density at radius 2 is 1.94 bits per heavy atom. The van der Waals surface area contributed by atoms with Crippen LogP contribution in [0, 0.1) is 0 Å². The second kappa shape index (κ2) is 5.99. The van der Waals surface area contributed by atoms with E-state index in [-0.39, 0.29) is 0 Å². The lowest BCUT2D eigenvalue weighted by molar-refractivity contribution is 0.179. The molecule has 88 valence electrons. The van der Waals surface area contributed by atoms with Crippen LogP contribution in [-0.4, -0.2) is 15.2 Å². The summed E-state index contributed by atoms with van der Waals surface area (Å²) in [6, 6.07) is 8.13. The summed E-state index contributed by atoms with van der Waals surface area (Å²) in [4.78, 5) is 0. The molecule has 1 aromatic carbocycles. The predicted octanol–water partition coefficient (Wildman–Crippen LogP) is 3.58. The van der Waals surface area contributed by atoms with Gasteiger partial charge in [0.1, 0.15) is 0 Å². The average molecular weight is 236 g/mol. The van der Waals surface area contributed by atoms with Gasteiger partial charge in [-0.15, -0.1) is 0 Å². The smallest absolute Gasteiger partial charge is 0.331 e. The highest BCUT2D eigenvalue weighted by Gasteiger charge is 2.23. The van der Waals surface area contributed by atoms with E-state index in [1.165, 1.54) is 0 Å². The SMILES string of the molecule is C=Cc1ccccc1CO[Si](C)(C)OCC. The fourth-order valence-electron chi connectivity index (χ4n) is 1.51. The van der Waals surface area contributed by atoms with E-state index >= 15 is 0 Å². The van der Waals surface area contributed by atoms with Crippen LogP contribution in [0.3, 0.4) is 0 Å². The Balaban J connectivity index is 2.63. The predicted molar refractivity (Wildman–Crippen MR) is 70.4 cm³/mol. The standard InChI is InChI=1S/C13H20O2Si/c1-5-12-9-7-8-10-13(12)11-15-16(3,4)14-6-2/h5,7-10H,1,6,11H2,2-4H3. The highest BCUT2D eigenvalue weighted by molar-refractivity contribution is 6.64. The molecule has 0 spiro atoms. The molecule has 1 aromatic rings. The molecular weight excluding hydrogens is 216 g/mol. The van der Waals surface area contributed by atoms with Gasteiger partial charge in [0.25, 0.3) is 0 Å². The highest BCUT2D eigenvalue weighted by atomic mass is 28.4. The molecule has 0 unspecified atom stereocenters. The molecule has 2 nitrogen and oxygen atoms in total. The van der Waals surface area contributed by atoms with Gasteiger partial charge in [0.2, 0.25) is 0 Å². The number of hydrogen-bond acceptors (Lipinski definition) is 2. The number of rotatable bonds is 6. The average Bonchev–Trinajstić information content (AvgIpc) is 2.27. The Morgan fingerprint density at radius 1 is 1.25 bits per heavy atom. The molecule has 0 bridgehead atoms. The summed E-state index contributed by atoms with van der Waals surface area (Å²) < 4.78 is 11.5. The molecular formula is C13H20O2Si. The van der Waals surface area contributed by atoms with Gasteiger partial charge in [-0.05, 0) is 31.1 Å². The van der Waals surface area contributed by atoms with Crippen molar-refractivity contribution < 1.29 is 8.85 Å². The van der Waals surface area contributed by atoms with Crippen molar-refractivity contribution in [1.82, 2.24) is 0 Å². The molecule has 0 saturated heterocycles. The molecule has 0 aromatic heterocycles. The summed E-state index contributed by atoms with van der Waals surface area (Å²) in [5.74, 6) is 0. The quantitative estimate of drug-likeness (QED) is 0.703. The summed E-state index contributed by atoms with van der Waals surface area (Å²) in [5.41, 5.74) is 2.29. The van der Waals surface area contributed by atoms with Crippen molar-refractivity contribution in [3.63, 3.8) is 0 Å². The topological polar surface area (TPSA) is 18.5 Å². The van der Waals surface area contributed by atoms with E-state index in [1.54, 1.807) is 0 Å². The van der Waals surface area contributed by atoms with Gasteiger partial charge >= 0.3 is 8.56 Å². The summed E-state index contributed by atoms with van der Waals surface area (Å²) >= 11 is 0. The van der Waals surface area contributed by atoms with Crippen LogP contribution in [0.15, 0.2) is 30.8 Å². The van der Waals surface area contributed by atoms with Crippen LogP contribution in [0.4, 0.5) is 0 Å². The molecule has 0 atom stereocenters. The van der Waals surface area contributed by atoms with Gasteiger partial charge in [0.05, 0.1) is 6.61 Å². The first-order valence-corrected chi connectivity index (χ1v) is 8.39. The molecule has 0 fully saturated rings. The third kappa shape index (κ3) is 3.93. The van der Waals surface area contributed by atoms with Crippen LogP contribution >= 0.6 is 0 Å². The van der Waals surface area contributed by atoms with Crippen LogP contribution in [0.5, 0.6) is 0 Å². The third-order valence-corrected chi connectivity index (χ3v) is 4.17. The second-order valence-corrected chi connectivity index (χ2v) is 7.40. The highest BCUT2D eigenvalue weighted by Crippen LogP contribution is 2.15. The molecule has 0 saturated carbocycles. The maximum Gasteiger partial charge on any atom is 0.331 e. The minimum Gasteiger partial charge on any atom is -0.395 e. The summed E-state index contributed by atoms with van der Waals surface area (Å²) in [7, 11) is -1.96. The van der Waals surface area contributed by atoms with Crippen LogP contribution < -0.4 is 0 Å². The van der Waals surface area contributed by atoms with E-state index in [4.69, 9.17) is 8.85 Å². The molecule has 0 radical (unpaired) electrons. The maximum atomic E-state index is 5.87. The van der Waals surface area contributed by atoms with E-state index in [9.17, 15) is 0 Å². The fraction of sp³-hybridized carbons (Fsp3) is 0.385. The van der Waals surface area contributed by atoms with E-state index < -0.39 is 8.56 Å². The van der Waals surface area contributed by atoms with Crippen molar-refractivity contribution in [2.75, 3.05) is 6.61 Å². The van der Waals surface area contributed by atoms with Gasteiger partial charge in [-0.25, -0.2) is 0 Å². The van der Waals surface area contributed by atoms with Gasteiger partial charge in [-0.3, -0.25) is 0 Å². The van der Waals surface area contributed by atoms with Crippen molar-refractivity contribution >= 4 is 14.6 Å². The monoisotopic (exact) mass is 236 g/mol. The van der Waals surface area contributed by atoms with Gasteiger partial charge in [-0.2, -0.15) is 0 Å². The minimum absolute atomic E-state index is 0.599. The zero-order valence-electron chi connectivity index (χ0n) is 10.3. The Labute approximate surface area is 99.2 Å². The van der Waals surface area contributed by atoms with Gasteiger partial charge in [0.15, 0.2) is 0 Å². The summed E-state index contributed by atoms with van der Waals surface area (Å²) in [6.07, 6.45) is 1.86. The van der Waals surface area contributed by atoms with Crippen molar-refractivity contribution in [3.8, 4) is 0 Å². The first-order chi connectivity index (χ1) is 7.59. The number of hydrogen-bond donors (Lipinski definition) is 0. The van der Waals surface area contributed by atoms with Crippen LogP contribution in [0.2, 0.25) is 13.1 Å². The lowest BCUT2D eigenvalue weighted by Gasteiger charge is -2.22. The normalized spacial score (nSPS) is 11.4. The lowest BCUT2D eigenvalue weighted by Crippen LogP contribution is -2.34.